The molecule has 0 unspecified atom stereocenters. The molecule has 0 bridgehead atoms. The first-order valence-electron chi connectivity index (χ1n) is 12.7. The lowest BCUT2D eigenvalue weighted by atomic mass is 9.95. The Morgan fingerprint density at radius 2 is 1.90 bits per heavy atom. The second kappa shape index (κ2) is 12.0. The van der Waals surface area contributed by atoms with E-state index in [-0.39, 0.29) is 29.2 Å². The van der Waals surface area contributed by atoms with Gasteiger partial charge in [-0.3, -0.25) is 14.2 Å². The first-order valence-corrected chi connectivity index (χ1v) is 14.3. The number of halogens is 2. The fourth-order valence-electron chi connectivity index (χ4n) is 4.59. The maximum absolute atomic E-state index is 13.9. The van der Waals surface area contributed by atoms with Gasteiger partial charge in [-0.05, 0) is 61.9 Å². The summed E-state index contributed by atoms with van der Waals surface area (Å²) in [5, 5.41) is 0.975. The molecule has 1 atom stereocenters. The van der Waals surface area contributed by atoms with E-state index >= 15 is 0 Å². The molecule has 0 N–H and O–H groups in total. The molecule has 2 aromatic carbocycles. The maximum atomic E-state index is 13.9. The van der Waals surface area contributed by atoms with E-state index in [2.05, 4.69) is 4.99 Å². The third kappa shape index (κ3) is 5.65. The molecule has 42 heavy (non-hydrogen) atoms. The molecule has 12 heteroatoms. The van der Waals surface area contributed by atoms with Crippen LogP contribution in [0.15, 0.2) is 74.0 Å². The number of methoxy groups -OCH3 is 1. The van der Waals surface area contributed by atoms with E-state index in [1.807, 2.05) is 0 Å². The topological polar surface area (TPSA) is 109 Å². The summed E-state index contributed by atoms with van der Waals surface area (Å²) in [5.74, 6) is 0.237. The molecule has 1 aliphatic rings. The third-order valence-corrected chi connectivity index (χ3v) is 7.92. The van der Waals surface area contributed by atoms with Crippen LogP contribution in [0.3, 0.4) is 0 Å². The van der Waals surface area contributed by atoms with E-state index in [0.29, 0.717) is 47.7 Å². The number of allylic oxidation sites excluding steroid dienone is 1. The Morgan fingerprint density at radius 1 is 1.12 bits per heavy atom. The standard InChI is InChI=1S/C30H24Cl2N2O7S/c1-5-39-29(37)26-15(2)33-30-34(27(26)17-6-10-23(40-16(3)35)24(12-17)38-4)28(36)25(42-30)14-19-8-11-22(41-19)20-13-18(31)7-9-21(20)32/h6-14,27H,5H2,1-4H3/t27-/m0/s1. The number of rotatable bonds is 7. The van der Waals surface area contributed by atoms with Gasteiger partial charge in [0.1, 0.15) is 11.5 Å². The molecule has 9 nitrogen and oxygen atoms in total. The van der Waals surface area contributed by atoms with Crippen LogP contribution >= 0.6 is 34.5 Å². The number of nitrogens with zero attached hydrogens (tertiary/aromatic N) is 2. The van der Waals surface area contributed by atoms with Crippen LogP contribution < -0.4 is 24.4 Å². The second-order valence-corrected chi connectivity index (χ2v) is 11.0. The Morgan fingerprint density at radius 3 is 2.62 bits per heavy atom. The minimum absolute atomic E-state index is 0.138. The van der Waals surface area contributed by atoms with Crippen LogP contribution in [0, 0.1) is 0 Å². The second-order valence-electron chi connectivity index (χ2n) is 9.13. The van der Waals surface area contributed by atoms with Gasteiger partial charge < -0.3 is 18.6 Å². The van der Waals surface area contributed by atoms with Crippen molar-refractivity contribution < 1.29 is 28.2 Å². The van der Waals surface area contributed by atoms with Crippen LogP contribution in [0.4, 0.5) is 0 Å². The van der Waals surface area contributed by atoms with Crippen LogP contribution in [0.25, 0.3) is 17.4 Å². The molecule has 216 valence electrons. The van der Waals surface area contributed by atoms with E-state index in [1.165, 1.54) is 18.6 Å². The highest BCUT2D eigenvalue weighted by molar-refractivity contribution is 7.07. The molecule has 0 amide bonds. The molecule has 2 aromatic heterocycles. The lowest BCUT2D eigenvalue weighted by molar-refractivity contribution is -0.139. The average molecular weight is 628 g/mol. The highest BCUT2D eigenvalue weighted by Gasteiger charge is 2.34. The van der Waals surface area contributed by atoms with Crippen molar-refractivity contribution in [3.63, 3.8) is 0 Å². The highest BCUT2D eigenvalue weighted by Crippen LogP contribution is 2.36. The summed E-state index contributed by atoms with van der Waals surface area (Å²) in [6.45, 7) is 4.80. The van der Waals surface area contributed by atoms with Crippen LogP contribution in [-0.2, 0) is 14.3 Å². The molecule has 0 aliphatic carbocycles. The van der Waals surface area contributed by atoms with Crippen molar-refractivity contribution in [2.75, 3.05) is 13.7 Å². The number of carbonyl (C=O) groups is 2. The summed E-state index contributed by atoms with van der Waals surface area (Å²) in [4.78, 5) is 43.6. The summed E-state index contributed by atoms with van der Waals surface area (Å²) < 4.78 is 23.8. The molecule has 0 saturated carbocycles. The van der Waals surface area contributed by atoms with Gasteiger partial charge in [0.2, 0.25) is 0 Å². The molecular formula is C30H24Cl2N2O7S. The zero-order chi connectivity index (χ0) is 30.1. The smallest absolute Gasteiger partial charge is 0.338 e. The first-order chi connectivity index (χ1) is 20.1. The van der Waals surface area contributed by atoms with E-state index in [9.17, 15) is 14.4 Å². The summed E-state index contributed by atoms with van der Waals surface area (Å²) in [6, 6.07) is 12.5. The fraction of sp³-hybridized carbons (Fsp3) is 0.200. The molecule has 0 spiro atoms. The van der Waals surface area contributed by atoms with Crippen molar-refractivity contribution in [3.8, 4) is 22.8 Å². The van der Waals surface area contributed by atoms with Crippen molar-refractivity contribution in [1.29, 1.82) is 0 Å². The number of hydrogen-bond acceptors (Lipinski definition) is 9. The van der Waals surface area contributed by atoms with E-state index in [0.717, 1.165) is 11.3 Å². The van der Waals surface area contributed by atoms with Gasteiger partial charge in [0.25, 0.3) is 5.56 Å². The minimum Gasteiger partial charge on any atom is -0.493 e. The predicted octanol–water partition coefficient (Wildman–Crippen LogP) is 5.30. The van der Waals surface area contributed by atoms with Crippen molar-refractivity contribution in [2.45, 2.75) is 26.8 Å². The van der Waals surface area contributed by atoms with Crippen LogP contribution in [0.1, 0.15) is 38.1 Å². The number of ether oxygens (including phenoxy) is 3. The Balaban J connectivity index is 1.65. The Bertz CT molecular complexity index is 1940. The quantitative estimate of drug-likeness (QED) is 0.202. The highest BCUT2D eigenvalue weighted by atomic mass is 35.5. The number of thiazole rings is 1. The first kappa shape index (κ1) is 29.4. The summed E-state index contributed by atoms with van der Waals surface area (Å²) in [7, 11) is 1.43. The molecule has 1 aliphatic heterocycles. The van der Waals surface area contributed by atoms with Gasteiger partial charge in [-0.15, -0.1) is 0 Å². The van der Waals surface area contributed by atoms with Gasteiger partial charge in [-0.25, -0.2) is 9.79 Å². The summed E-state index contributed by atoms with van der Waals surface area (Å²) >= 11 is 13.6. The number of hydrogen-bond donors (Lipinski definition) is 0. The SMILES string of the molecule is CCOC(=O)C1=C(C)N=c2sc(=Cc3ccc(-c4cc(Cl)ccc4Cl)o3)c(=O)n2[C@H]1c1ccc(OC(C)=O)c(OC)c1. The normalized spacial score (nSPS) is 14.8. The Labute approximate surface area is 253 Å². The van der Waals surface area contributed by atoms with Crippen molar-refractivity contribution in [3.05, 3.63) is 101 Å². The van der Waals surface area contributed by atoms with Gasteiger partial charge in [0.15, 0.2) is 16.3 Å². The number of esters is 2. The van der Waals surface area contributed by atoms with E-state index < -0.39 is 18.0 Å². The van der Waals surface area contributed by atoms with Crippen molar-refractivity contribution in [2.24, 2.45) is 4.99 Å². The van der Waals surface area contributed by atoms with E-state index in [1.54, 1.807) is 68.5 Å². The van der Waals surface area contributed by atoms with Crippen LogP contribution in [0.2, 0.25) is 10.0 Å². The molecule has 5 rings (SSSR count). The third-order valence-electron chi connectivity index (χ3n) is 6.37. The average Bonchev–Trinajstić information content (AvgIpc) is 3.53. The summed E-state index contributed by atoms with van der Waals surface area (Å²) in [5.41, 5.74) is 1.37. The molecule has 0 radical (unpaired) electrons. The van der Waals surface area contributed by atoms with Crippen molar-refractivity contribution in [1.82, 2.24) is 4.57 Å². The number of benzene rings is 2. The number of carbonyl (C=O) groups excluding carboxylic acids is 2. The molecule has 0 fully saturated rings. The summed E-state index contributed by atoms with van der Waals surface area (Å²) in [6.07, 6.45) is 1.61. The van der Waals surface area contributed by atoms with Gasteiger partial charge in [-0.2, -0.15) is 0 Å². The zero-order valence-corrected chi connectivity index (χ0v) is 25.2. The van der Waals surface area contributed by atoms with Crippen molar-refractivity contribution >= 4 is 52.6 Å². The zero-order valence-electron chi connectivity index (χ0n) is 22.9. The Hall–Kier alpha value is -4.12. The Kier molecular flexibility index (Phi) is 8.40. The monoisotopic (exact) mass is 626 g/mol. The predicted molar refractivity (Wildman–Crippen MR) is 159 cm³/mol. The van der Waals surface area contributed by atoms with Gasteiger partial charge in [-0.1, -0.05) is 40.6 Å². The largest absolute Gasteiger partial charge is 0.493 e. The number of aromatic nitrogens is 1. The van der Waals surface area contributed by atoms with Gasteiger partial charge in [0, 0.05) is 23.6 Å². The van der Waals surface area contributed by atoms with Crippen LogP contribution in [-0.4, -0.2) is 30.2 Å². The number of furan rings is 1. The molecule has 3 heterocycles. The van der Waals surface area contributed by atoms with Crippen LogP contribution in [0.5, 0.6) is 11.5 Å². The van der Waals surface area contributed by atoms with Gasteiger partial charge in [0.05, 0.1) is 40.6 Å². The molecule has 4 aromatic rings. The maximum Gasteiger partial charge on any atom is 0.338 e. The molecule has 0 saturated heterocycles. The fourth-order valence-corrected chi connectivity index (χ4v) is 6.00. The lowest BCUT2D eigenvalue weighted by Crippen LogP contribution is -2.39. The van der Waals surface area contributed by atoms with E-state index in [4.69, 9.17) is 41.8 Å². The van der Waals surface area contributed by atoms with Gasteiger partial charge >= 0.3 is 11.9 Å². The lowest BCUT2D eigenvalue weighted by Gasteiger charge is -2.25. The number of fused-ring (bicyclic) bond motifs is 1. The molecular weight excluding hydrogens is 603 g/mol. The minimum atomic E-state index is -0.889.